The van der Waals surface area contributed by atoms with Gasteiger partial charge in [-0.15, -0.1) is 5.10 Å². The minimum atomic E-state index is 0.138. The molecule has 0 aliphatic rings. The number of rotatable bonds is 4. The lowest BCUT2D eigenvalue weighted by Crippen LogP contribution is -2.18. The number of nitrogens with zero attached hydrogens (tertiary/aromatic N) is 2. The van der Waals surface area contributed by atoms with Gasteiger partial charge in [0.15, 0.2) is 0 Å². The van der Waals surface area contributed by atoms with E-state index in [0.717, 1.165) is 26.8 Å². The summed E-state index contributed by atoms with van der Waals surface area (Å²) in [6, 6.07) is 6.34. The topological polar surface area (TPSA) is 67.6 Å². The number of hydrogen-bond acceptors (Lipinski definition) is 4. The molecule has 0 radical (unpaired) electrons. The largest absolute Gasteiger partial charge is 0.328 e. The second kappa shape index (κ2) is 5.86. The van der Waals surface area contributed by atoms with E-state index in [9.17, 15) is 0 Å². The Balaban J connectivity index is 2.27. The molecule has 0 fully saturated rings. The van der Waals surface area contributed by atoms with E-state index in [1.165, 1.54) is 5.56 Å². The van der Waals surface area contributed by atoms with Crippen molar-refractivity contribution < 1.29 is 0 Å². The van der Waals surface area contributed by atoms with Crippen LogP contribution in [0.5, 0.6) is 0 Å². The molecule has 1 unspecified atom stereocenters. The number of hydrogen-bond donors (Lipinski definition) is 2. The Labute approximate surface area is 119 Å². The second-order valence-corrected chi connectivity index (χ2v) is 6.16. The molecule has 0 aliphatic heterocycles. The fourth-order valence-electron chi connectivity index (χ4n) is 1.61. The Bertz CT molecular complexity index is 539. The van der Waals surface area contributed by atoms with Crippen LogP contribution >= 0.6 is 27.7 Å². The van der Waals surface area contributed by atoms with E-state index >= 15 is 0 Å². The number of benzene rings is 1. The van der Waals surface area contributed by atoms with Gasteiger partial charge in [0.1, 0.15) is 5.82 Å². The molecule has 1 aromatic carbocycles. The van der Waals surface area contributed by atoms with Gasteiger partial charge in [-0.2, -0.15) is 0 Å². The molecule has 0 aliphatic carbocycles. The molecule has 18 heavy (non-hydrogen) atoms. The Morgan fingerprint density at radius 3 is 2.89 bits per heavy atom. The predicted octanol–water partition coefficient (Wildman–Crippen LogP) is 2.92. The molecular formula is C12H15BrN4S. The highest BCUT2D eigenvalue weighted by atomic mass is 79.9. The molecule has 1 heterocycles. The van der Waals surface area contributed by atoms with Gasteiger partial charge in [0.05, 0.1) is 0 Å². The number of H-pyrrole nitrogens is 1. The normalized spacial score (nSPS) is 12.7. The maximum atomic E-state index is 5.87. The lowest BCUT2D eigenvalue weighted by Gasteiger charge is -2.10. The average molecular weight is 327 g/mol. The van der Waals surface area contributed by atoms with Crippen LogP contribution in [0.1, 0.15) is 18.3 Å². The SMILES string of the molecule is Cc1nc(Sc2cc(Br)ccc2CC(C)N)n[nH]1. The summed E-state index contributed by atoms with van der Waals surface area (Å²) in [5, 5.41) is 7.72. The zero-order chi connectivity index (χ0) is 13.1. The summed E-state index contributed by atoms with van der Waals surface area (Å²) < 4.78 is 1.05. The van der Waals surface area contributed by atoms with Crippen LogP contribution < -0.4 is 5.73 Å². The molecule has 1 aromatic heterocycles. The summed E-state index contributed by atoms with van der Waals surface area (Å²) >= 11 is 5.04. The Kier molecular flexibility index (Phi) is 4.42. The minimum absolute atomic E-state index is 0.138. The molecule has 3 N–H and O–H groups in total. The number of aryl methyl sites for hydroxylation is 1. The smallest absolute Gasteiger partial charge is 0.213 e. The lowest BCUT2D eigenvalue weighted by molar-refractivity contribution is 0.729. The van der Waals surface area contributed by atoms with Gasteiger partial charge >= 0.3 is 0 Å². The van der Waals surface area contributed by atoms with Crippen LogP contribution in [0.25, 0.3) is 0 Å². The van der Waals surface area contributed by atoms with Crippen LogP contribution in [0, 0.1) is 6.92 Å². The maximum Gasteiger partial charge on any atom is 0.213 e. The minimum Gasteiger partial charge on any atom is -0.328 e. The predicted molar refractivity (Wildman–Crippen MR) is 76.7 cm³/mol. The van der Waals surface area contributed by atoms with Crippen LogP contribution in [0.15, 0.2) is 32.7 Å². The van der Waals surface area contributed by atoms with E-state index in [-0.39, 0.29) is 6.04 Å². The van der Waals surface area contributed by atoms with Crippen LogP contribution in [0.3, 0.4) is 0 Å². The molecule has 2 rings (SSSR count). The number of halogens is 1. The van der Waals surface area contributed by atoms with Crippen molar-refractivity contribution >= 4 is 27.7 Å². The van der Waals surface area contributed by atoms with E-state index in [0.29, 0.717) is 0 Å². The molecule has 2 aromatic rings. The standard InChI is InChI=1S/C12H15BrN4S/c1-7(14)5-9-3-4-10(13)6-11(9)18-12-15-8(2)16-17-12/h3-4,6-7H,5,14H2,1-2H3,(H,15,16,17). The summed E-state index contributed by atoms with van der Waals surface area (Å²) in [7, 11) is 0. The summed E-state index contributed by atoms with van der Waals surface area (Å²) in [6.07, 6.45) is 0.846. The van der Waals surface area contributed by atoms with Crippen LogP contribution in [0.2, 0.25) is 0 Å². The first-order valence-electron chi connectivity index (χ1n) is 5.65. The van der Waals surface area contributed by atoms with Gasteiger partial charge in [0, 0.05) is 15.4 Å². The molecule has 0 spiro atoms. The van der Waals surface area contributed by atoms with Crippen molar-refractivity contribution in [1.29, 1.82) is 0 Å². The van der Waals surface area contributed by atoms with Crippen molar-refractivity contribution in [1.82, 2.24) is 15.2 Å². The highest BCUT2D eigenvalue weighted by Crippen LogP contribution is 2.31. The fourth-order valence-corrected chi connectivity index (χ4v) is 3.06. The lowest BCUT2D eigenvalue weighted by atomic mass is 10.1. The number of nitrogens with one attached hydrogen (secondary N) is 1. The van der Waals surface area contributed by atoms with Crippen molar-refractivity contribution in [3.05, 3.63) is 34.1 Å². The van der Waals surface area contributed by atoms with E-state index in [2.05, 4.69) is 43.2 Å². The van der Waals surface area contributed by atoms with Gasteiger partial charge in [-0.3, -0.25) is 5.10 Å². The first kappa shape index (κ1) is 13.6. The molecular weight excluding hydrogens is 312 g/mol. The number of aromatic nitrogens is 3. The first-order valence-corrected chi connectivity index (χ1v) is 7.26. The zero-order valence-corrected chi connectivity index (χ0v) is 12.7. The molecule has 0 amide bonds. The highest BCUT2D eigenvalue weighted by Gasteiger charge is 2.10. The van der Waals surface area contributed by atoms with E-state index in [1.807, 2.05) is 19.9 Å². The summed E-state index contributed by atoms with van der Waals surface area (Å²) in [5.74, 6) is 0.821. The average Bonchev–Trinajstić information content (AvgIpc) is 2.67. The van der Waals surface area contributed by atoms with E-state index < -0.39 is 0 Å². The quantitative estimate of drug-likeness (QED) is 0.906. The number of aromatic amines is 1. The molecule has 6 heteroatoms. The Hall–Kier alpha value is -0.850. The van der Waals surface area contributed by atoms with Crippen LogP contribution in [-0.4, -0.2) is 21.2 Å². The van der Waals surface area contributed by atoms with Gasteiger partial charge in [0.25, 0.3) is 0 Å². The maximum absolute atomic E-state index is 5.87. The van der Waals surface area contributed by atoms with Gasteiger partial charge in [-0.05, 0) is 49.7 Å². The third-order valence-corrected chi connectivity index (χ3v) is 3.81. The van der Waals surface area contributed by atoms with Gasteiger partial charge in [0.2, 0.25) is 5.16 Å². The molecule has 0 bridgehead atoms. The van der Waals surface area contributed by atoms with E-state index in [4.69, 9.17) is 5.73 Å². The molecule has 0 saturated carbocycles. The summed E-state index contributed by atoms with van der Waals surface area (Å²) in [4.78, 5) is 5.45. The highest BCUT2D eigenvalue weighted by molar-refractivity contribution is 9.10. The van der Waals surface area contributed by atoms with E-state index in [1.54, 1.807) is 11.8 Å². The third-order valence-electron chi connectivity index (χ3n) is 2.35. The van der Waals surface area contributed by atoms with Crippen LogP contribution in [-0.2, 0) is 6.42 Å². The fraction of sp³-hybridized carbons (Fsp3) is 0.333. The van der Waals surface area contributed by atoms with Gasteiger partial charge < -0.3 is 5.73 Å². The third kappa shape index (κ3) is 3.57. The summed E-state index contributed by atoms with van der Waals surface area (Å²) in [5.41, 5.74) is 7.09. The van der Waals surface area contributed by atoms with Crippen molar-refractivity contribution in [2.24, 2.45) is 5.73 Å². The Morgan fingerprint density at radius 1 is 1.50 bits per heavy atom. The van der Waals surface area contributed by atoms with Crippen molar-refractivity contribution in [2.75, 3.05) is 0 Å². The number of nitrogens with two attached hydrogens (primary N) is 1. The molecule has 4 nitrogen and oxygen atoms in total. The monoisotopic (exact) mass is 326 g/mol. The molecule has 1 atom stereocenters. The van der Waals surface area contributed by atoms with Crippen molar-refractivity contribution in [2.45, 2.75) is 36.4 Å². The second-order valence-electron chi connectivity index (χ2n) is 4.24. The zero-order valence-electron chi connectivity index (χ0n) is 10.3. The molecule has 96 valence electrons. The van der Waals surface area contributed by atoms with Crippen molar-refractivity contribution in [3.63, 3.8) is 0 Å². The first-order chi connectivity index (χ1) is 8.54. The van der Waals surface area contributed by atoms with Crippen LogP contribution in [0.4, 0.5) is 0 Å². The molecule has 0 saturated heterocycles. The van der Waals surface area contributed by atoms with Crippen molar-refractivity contribution in [3.8, 4) is 0 Å². The Morgan fingerprint density at radius 2 is 2.28 bits per heavy atom. The van der Waals surface area contributed by atoms with Gasteiger partial charge in [-0.1, -0.05) is 22.0 Å². The van der Waals surface area contributed by atoms with Gasteiger partial charge in [-0.25, -0.2) is 4.98 Å². The summed E-state index contributed by atoms with van der Waals surface area (Å²) in [6.45, 7) is 3.90.